The van der Waals surface area contributed by atoms with Crippen LogP contribution in [0.2, 0.25) is 0 Å². The van der Waals surface area contributed by atoms with E-state index in [-0.39, 0.29) is 17.1 Å². The number of benzene rings is 1. The molecule has 6 heteroatoms. The molecule has 0 unspecified atom stereocenters. The molecule has 4 saturated carbocycles. The molecule has 2 aromatic rings. The van der Waals surface area contributed by atoms with Crippen LogP contribution in [0.3, 0.4) is 0 Å². The summed E-state index contributed by atoms with van der Waals surface area (Å²) in [6, 6.07) is 4.18. The van der Waals surface area contributed by atoms with Gasteiger partial charge in [0.15, 0.2) is 0 Å². The van der Waals surface area contributed by atoms with E-state index in [0.29, 0.717) is 5.22 Å². The number of amides is 1. The smallest absolute Gasteiger partial charge is 0.277 e. The zero-order valence-corrected chi connectivity index (χ0v) is 18.3. The van der Waals surface area contributed by atoms with Crippen LogP contribution in [0.4, 0.5) is 5.69 Å². The van der Waals surface area contributed by atoms with Gasteiger partial charge in [-0.2, -0.15) is 0 Å². The normalized spacial score (nSPS) is 30.0. The monoisotopic (exact) mass is 411 g/mol. The number of anilines is 1. The number of hydrogen-bond acceptors (Lipinski definition) is 5. The number of aryl methyl sites for hydroxylation is 3. The molecule has 1 aromatic heterocycles. The van der Waals surface area contributed by atoms with Crippen LogP contribution in [0.25, 0.3) is 0 Å². The van der Waals surface area contributed by atoms with Crippen molar-refractivity contribution in [3.8, 4) is 0 Å². The lowest BCUT2D eigenvalue weighted by Crippen LogP contribution is -2.48. The summed E-state index contributed by atoms with van der Waals surface area (Å²) < 4.78 is 6.09. The van der Waals surface area contributed by atoms with Crippen molar-refractivity contribution in [2.45, 2.75) is 69.9 Å². The fourth-order valence-electron chi connectivity index (χ4n) is 6.53. The Morgan fingerprint density at radius 2 is 1.66 bits per heavy atom. The highest BCUT2D eigenvalue weighted by atomic mass is 32.2. The van der Waals surface area contributed by atoms with Gasteiger partial charge in [0.1, 0.15) is 0 Å². The van der Waals surface area contributed by atoms with E-state index >= 15 is 0 Å². The van der Waals surface area contributed by atoms with E-state index in [1.165, 1.54) is 55.9 Å². The molecular formula is C23H29N3O2S. The highest BCUT2D eigenvalue weighted by molar-refractivity contribution is 7.99. The minimum atomic E-state index is -0.0420. The second-order valence-corrected chi connectivity index (χ2v) is 10.6. The average Bonchev–Trinajstić information content (AvgIpc) is 3.12. The maximum Gasteiger partial charge on any atom is 0.277 e. The Morgan fingerprint density at radius 3 is 2.24 bits per heavy atom. The Labute approximate surface area is 176 Å². The summed E-state index contributed by atoms with van der Waals surface area (Å²) in [4.78, 5) is 12.5. The van der Waals surface area contributed by atoms with Gasteiger partial charge < -0.3 is 9.73 Å². The van der Waals surface area contributed by atoms with Crippen molar-refractivity contribution in [1.29, 1.82) is 0 Å². The maximum absolute atomic E-state index is 12.5. The first-order chi connectivity index (χ1) is 13.9. The van der Waals surface area contributed by atoms with Crippen LogP contribution in [0.1, 0.15) is 61.1 Å². The van der Waals surface area contributed by atoms with Crippen molar-refractivity contribution in [2.75, 3.05) is 11.1 Å². The molecular weight excluding hydrogens is 382 g/mol. The molecule has 0 saturated heterocycles. The number of rotatable bonds is 5. The van der Waals surface area contributed by atoms with Crippen LogP contribution >= 0.6 is 11.8 Å². The van der Waals surface area contributed by atoms with Crippen molar-refractivity contribution in [3.05, 3.63) is 34.7 Å². The number of nitrogens with zero attached hydrogens (tertiary/aromatic N) is 2. The van der Waals surface area contributed by atoms with Gasteiger partial charge in [0.05, 0.1) is 5.75 Å². The van der Waals surface area contributed by atoms with Crippen LogP contribution < -0.4 is 5.32 Å². The van der Waals surface area contributed by atoms with Gasteiger partial charge in [0, 0.05) is 11.1 Å². The Balaban J connectivity index is 1.23. The molecule has 29 heavy (non-hydrogen) atoms. The first-order valence-corrected chi connectivity index (χ1v) is 11.7. The van der Waals surface area contributed by atoms with Crippen LogP contribution in [0, 0.1) is 38.5 Å². The lowest BCUT2D eigenvalue weighted by atomic mass is 9.49. The summed E-state index contributed by atoms with van der Waals surface area (Å²) in [5.41, 5.74) is 4.39. The number of aromatic nitrogens is 2. The Bertz CT molecular complexity index is 893. The van der Waals surface area contributed by atoms with Crippen LogP contribution in [-0.2, 0) is 10.2 Å². The molecule has 1 heterocycles. The van der Waals surface area contributed by atoms with Crippen molar-refractivity contribution in [3.63, 3.8) is 0 Å². The van der Waals surface area contributed by atoms with Crippen molar-refractivity contribution >= 4 is 23.4 Å². The van der Waals surface area contributed by atoms with Gasteiger partial charge in [-0.3, -0.25) is 4.79 Å². The highest BCUT2D eigenvalue weighted by Crippen LogP contribution is 2.60. The van der Waals surface area contributed by atoms with E-state index in [0.717, 1.165) is 40.5 Å². The molecule has 4 aliphatic carbocycles. The first kappa shape index (κ1) is 19.2. The Hall–Kier alpha value is -1.82. The quantitative estimate of drug-likeness (QED) is 0.686. The zero-order valence-electron chi connectivity index (χ0n) is 17.5. The molecule has 0 aliphatic heterocycles. The lowest BCUT2D eigenvalue weighted by Gasteiger charge is -2.55. The second-order valence-electron chi connectivity index (χ2n) is 9.68. The molecule has 0 spiro atoms. The summed E-state index contributed by atoms with van der Waals surface area (Å²) in [5.74, 6) is 3.59. The molecule has 0 radical (unpaired) electrons. The van der Waals surface area contributed by atoms with Gasteiger partial charge in [0.25, 0.3) is 5.22 Å². The summed E-state index contributed by atoms with van der Waals surface area (Å²) in [6.07, 6.45) is 7.81. The summed E-state index contributed by atoms with van der Waals surface area (Å²) >= 11 is 1.34. The molecule has 1 N–H and O–H groups in total. The van der Waals surface area contributed by atoms with E-state index in [1.54, 1.807) is 0 Å². The number of carbonyl (C=O) groups excluding carboxylic acids is 1. The Morgan fingerprint density at radius 1 is 1.07 bits per heavy atom. The molecule has 4 aliphatic rings. The van der Waals surface area contributed by atoms with Gasteiger partial charge in [-0.1, -0.05) is 29.5 Å². The third-order valence-electron chi connectivity index (χ3n) is 7.17. The summed E-state index contributed by atoms with van der Waals surface area (Å²) in [5, 5.41) is 12.3. The Kier molecular flexibility index (Phi) is 4.72. The minimum absolute atomic E-state index is 0.0420. The molecule has 5 nitrogen and oxygen atoms in total. The van der Waals surface area contributed by atoms with E-state index in [1.807, 2.05) is 13.8 Å². The number of nitrogens with one attached hydrogen (secondary N) is 1. The van der Waals surface area contributed by atoms with Crippen LogP contribution in [0.5, 0.6) is 0 Å². The van der Waals surface area contributed by atoms with E-state index < -0.39 is 0 Å². The first-order valence-electron chi connectivity index (χ1n) is 10.7. The van der Waals surface area contributed by atoms with Crippen LogP contribution in [-0.4, -0.2) is 21.9 Å². The SMILES string of the molecule is Cc1cc(C)c(NC(=O)CSc2nnc(C34CC5CC(CC(C5)C3)C4)o2)c(C)c1. The zero-order chi connectivity index (χ0) is 20.2. The molecule has 4 bridgehead atoms. The van der Waals surface area contributed by atoms with E-state index in [2.05, 4.69) is 34.6 Å². The number of thioether (sulfide) groups is 1. The minimum Gasteiger partial charge on any atom is -0.415 e. The predicted octanol–water partition coefficient (Wildman–Crippen LogP) is 5.19. The molecule has 154 valence electrons. The third-order valence-corrected chi connectivity index (χ3v) is 7.99. The number of carbonyl (C=O) groups is 1. The summed E-state index contributed by atoms with van der Waals surface area (Å²) in [7, 11) is 0. The van der Waals surface area contributed by atoms with Crippen LogP contribution in [0.15, 0.2) is 21.8 Å². The van der Waals surface area contributed by atoms with Gasteiger partial charge in [0.2, 0.25) is 11.8 Å². The molecule has 1 amide bonds. The maximum atomic E-state index is 12.5. The van der Waals surface area contributed by atoms with Gasteiger partial charge in [-0.15, -0.1) is 10.2 Å². The van der Waals surface area contributed by atoms with Gasteiger partial charge in [-0.05, 0) is 88.2 Å². The largest absolute Gasteiger partial charge is 0.415 e. The molecule has 6 rings (SSSR count). The topological polar surface area (TPSA) is 68.0 Å². The lowest BCUT2D eigenvalue weighted by molar-refractivity contribution is -0.113. The molecule has 0 atom stereocenters. The van der Waals surface area contributed by atoms with Crippen molar-refractivity contribution in [1.82, 2.24) is 10.2 Å². The molecule has 1 aromatic carbocycles. The summed E-state index contributed by atoms with van der Waals surface area (Å²) in [6.45, 7) is 6.12. The van der Waals surface area contributed by atoms with Crippen molar-refractivity contribution in [2.24, 2.45) is 17.8 Å². The standard InChI is InChI=1S/C23H29N3O2S/c1-13-4-14(2)20(15(3)5-13)24-19(27)12-29-22-26-25-21(28-22)23-9-16-6-17(10-23)8-18(7-16)11-23/h4-5,16-18H,6-12H2,1-3H3,(H,24,27). The fraction of sp³-hybridized carbons (Fsp3) is 0.609. The van der Waals surface area contributed by atoms with E-state index in [9.17, 15) is 4.79 Å². The third kappa shape index (κ3) is 3.60. The highest BCUT2D eigenvalue weighted by Gasteiger charge is 2.54. The van der Waals surface area contributed by atoms with Gasteiger partial charge in [-0.25, -0.2) is 0 Å². The van der Waals surface area contributed by atoms with E-state index in [4.69, 9.17) is 4.42 Å². The fourth-order valence-corrected chi connectivity index (χ4v) is 7.10. The van der Waals surface area contributed by atoms with Crippen molar-refractivity contribution < 1.29 is 9.21 Å². The molecule has 4 fully saturated rings. The second kappa shape index (κ2) is 7.15. The van der Waals surface area contributed by atoms with Gasteiger partial charge >= 0.3 is 0 Å². The number of hydrogen-bond donors (Lipinski definition) is 1. The predicted molar refractivity (Wildman–Crippen MR) is 114 cm³/mol. The average molecular weight is 412 g/mol.